The van der Waals surface area contributed by atoms with Gasteiger partial charge in [0.1, 0.15) is 0 Å². The quantitative estimate of drug-likeness (QED) is 0.758. The summed E-state index contributed by atoms with van der Waals surface area (Å²) in [6.07, 6.45) is 5.28. The first kappa shape index (κ1) is 11.4. The average Bonchev–Trinajstić information content (AvgIpc) is 2.28. The third kappa shape index (κ3) is 3.74. The second-order valence-electron chi connectivity index (χ2n) is 5.09. The molecular formula is C12H24N2O. The lowest BCUT2D eigenvalue weighted by Gasteiger charge is -2.32. The monoisotopic (exact) mass is 212 g/mol. The summed E-state index contributed by atoms with van der Waals surface area (Å²) in [5, 5.41) is 3.70. The molecule has 2 fully saturated rings. The van der Waals surface area contributed by atoms with Gasteiger partial charge in [0.15, 0.2) is 0 Å². The Morgan fingerprint density at radius 1 is 1.33 bits per heavy atom. The SMILES string of the molecule is CN1CCCC(NCC2CCCOC2)C1. The second kappa shape index (κ2) is 5.83. The van der Waals surface area contributed by atoms with Crippen molar-refractivity contribution >= 4 is 0 Å². The molecule has 2 atom stereocenters. The van der Waals surface area contributed by atoms with Crippen LogP contribution in [0.2, 0.25) is 0 Å². The van der Waals surface area contributed by atoms with Gasteiger partial charge in [-0.2, -0.15) is 0 Å². The Bertz CT molecular complexity index is 180. The summed E-state index contributed by atoms with van der Waals surface area (Å²) in [7, 11) is 2.22. The van der Waals surface area contributed by atoms with Gasteiger partial charge in [0.2, 0.25) is 0 Å². The van der Waals surface area contributed by atoms with E-state index >= 15 is 0 Å². The van der Waals surface area contributed by atoms with Gasteiger partial charge in [-0.1, -0.05) is 0 Å². The molecule has 1 N–H and O–H groups in total. The molecule has 3 heteroatoms. The minimum atomic E-state index is 0.714. The highest BCUT2D eigenvalue weighted by atomic mass is 16.5. The number of nitrogens with one attached hydrogen (secondary N) is 1. The molecule has 2 aliphatic heterocycles. The number of hydrogen-bond acceptors (Lipinski definition) is 3. The molecule has 0 aliphatic carbocycles. The average molecular weight is 212 g/mol. The maximum Gasteiger partial charge on any atom is 0.0506 e. The van der Waals surface area contributed by atoms with Crippen molar-refractivity contribution in [2.45, 2.75) is 31.7 Å². The van der Waals surface area contributed by atoms with E-state index in [0.717, 1.165) is 25.7 Å². The van der Waals surface area contributed by atoms with Gasteiger partial charge >= 0.3 is 0 Å². The van der Waals surface area contributed by atoms with E-state index < -0.39 is 0 Å². The largest absolute Gasteiger partial charge is 0.381 e. The third-order valence-corrected chi connectivity index (χ3v) is 3.57. The lowest BCUT2D eigenvalue weighted by atomic mass is 10.0. The Morgan fingerprint density at radius 2 is 2.27 bits per heavy atom. The molecule has 2 heterocycles. The maximum atomic E-state index is 5.49. The summed E-state index contributed by atoms with van der Waals surface area (Å²) in [5.74, 6) is 0.756. The lowest BCUT2D eigenvalue weighted by molar-refractivity contribution is 0.0525. The van der Waals surface area contributed by atoms with E-state index in [1.165, 1.54) is 38.8 Å². The van der Waals surface area contributed by atoms with E-state index in [2.05, 4.69) is 17.3 Å². The predicted octanol–water partition coefficient (Wildman–Crippen LogP) is 1.10. The Balaban J connectivity index is 1.63. The number of nitrogens with zero attached hydrogens (tertiary/aromatic N) is 1. The summed E-state index contributed by atoms with van der Waals surface area (Å²) >= 11 is 0. The van der Waals surface area contributed by atoms with Crippen LogP contribution in [0.15, 0.2) is 0 Å². The van der Waals surface area contributed by atoms with Gasteiger partial charge in [0.25, 0.3) is 0 Å². The number of likely N-dealkylation sites (N-methyl/N-ethyl adjacent to an activating group) is 1. The first-order valence-electron chi connectivity index (χ1n) is 6.34. The molecule has 88 valence electrons. The van der Waals surface area contributed by atoms with Crippen LogP contribution in [0.3, 0.4) is 0 Å². The van der Waals surface area contributed by atoms with Gasteiger partial charge in [0, 0.05) is 25.7 Å². The van der Waals surface area contributed by atoms with Crippen molar-refractivity contribution in [3.05, 3.63) is 0 Å². The molecule has 0 aromatic rings. The van der Waals surface area contributed by atoms with E-state index in [1.54, 1.807) is 0 Å². The van der Waals surface area contributed by atoms with Crippen LogP contribution < -0.4 is 5.32 Å². The fourth-order valence-corrected chi connectivity index (χ4v) is 2.63. The molecule has 0 bridgehead atoms. The first-order valence-corrected chi connectivity index (χ1v) is 6.34. The molecule has 15 heavy (non-hydrogen) atoms. The molecule has 0 aromatic heterocycles. The number of rotatable bonds is 3. The molecule has 0 spiro atoms. The Morgan fingerprint density at radius 3 is 3.00 bits per heavy atom. The lowest BCUT2D eigenvalue weighted by Crippen LogP contribution is -2.46. The summed E-state index contributed by atoms with van der Waals surface area (Å²) in [6.45, 7) is 5.58. The predicted molar refractivity (Wildman–Crippen MR) is 62.1 cm³/mol. The molecule has 0 saturated carbocycles. The maximum absolute atomic E-state index is 5.49. The van der Waals surface area contributed by atoms with Crippen molar-refractivity contribution in [1.82, 2.24) is 10.2 Å². The molecule has 2 saturated heterocycles. The van der Waals surface area contributed by atoms with Crippen molar-refractivity contribution in [3.8, 4) is 0 Å². The van der Waals surface area contributed by atoms with Crippen LogP contribution in [0.5, 0.6) is 0 Å². The summed E-state index contributed by atoms with van der Waals surface area (Å²) in [6, 6.07) is 0.714. The van der Waals surface area contributed by atoms with Crippen molar-refractivity contribution in [2.75, 3.05) is 39.9 Å². The van der Waals surface area contributed by atoms with Crippen LogP contribution in [0, 0.1) is 5.92 Å². The Kier molecular flexibility index (Phi) is 4.42. The molecule has 2 aliphatic rings. The molecule has 0 amide bonds. The smallest absolute Gasteiger partial charge is 0.0506 e. The highest BCUT2D eigenvalue weighted by Gasteiger charge is 2.19. The Labute approximate surface area is 93.2 Å². The van der Waals surface area contributed by atoms with Crippen molar-refractivity contribution in [3.63, 3.8) is 0 Å². The van der Waals surface area contributed by atoms with Gasteiger partial charge in [0.05, 0.1) is 6.61 Å². The summed E-state index contributed by atoms with van der Waals surface area (Å²) < 4.78 is 5.49. The highest BCUT2D eigenvalue weighted by molar-refractivity contribution is 4.78. The minimum Gasteiger partial charge on any atom is -0.381 e. The zero-order chi connectivity index (χ0) is 10.5. The zero-order valence-electron chi connectivity index (χ0n) is 9.87. The van der Waals surface area contributed by atoms with E-state index in [4.69, 9.17) is 4.74 Å². The van der Waals surface area contributed by atoms with Gasteiger partial charge in [-0.3, -0.25) is 0 Å². The van der Waals surface area contributed by atoms with E-state index in [9.17, 15) is 0 Å². The molecule has 2 unspecified atom stereocenters. The molecular weight excluding hydrogens is 188 g/mol. The fourth-order valence-electron chi connectivity index (χ4n) is 2.63. The highest BCUT2D eigenvalue weighted by Crippen LogP contribution is 2.14. The molecule has 0 radical (unpaired) electrons. The van der Waals surface area contributed by atoms with E-state index in [1.807, 2.05) is 0 Å². The van der Waals surface area contributed by atoms with Crippen LogP contribution in [0.1, 0.15) is 25.7 Å². The number of hydrogen-bond donors (Lipinski definition) is 1. The molecule has 2 rings (SSSR count). The first-order chi connectivity index (χ1) is 7.34. The van der Waals surface area contributed by atoms with Crippen LogP contribution in [0.25, 0.3) is 0 Å². The normalized spacial score (nSPS) is 34.2. The van der Waals surface area contributed by atoms with Crippen molar-refractivity contribution in [2.24, 2.45) is 5.92 Å². The zero-order valence-corrected chi connectivity index (χ0v) is 9.87. The van der Waals surface area contributed by atoms with E-state index in [-0.39, 0.29) is 0 Å². The topological polar surface area (TPSA) is 24.5 Å². The standard InChI is InChI=1S/C12H24N2O/c1-14-6-2-5-12(9-14)13-8-11-4-3-7-15-10-11/h11-13H,2-10H2,1H3. The van der Waals surface area contributed by atoms with Gasteiger partial charge in [-0.25, -0.2) is 0 Å². The number of likely N-dealkylation sites (tertiary alicyclic amines) is 1. The molecule has 3 nitrogen and oxygen atoms in total. The van der Waals surface area contributed by atoms with E-state index in [0.29, 0.717) is 6.04 Å². The molecule has 0 aromatic carbocycles. The van der Waals surface area contributed by atoms with Crippen molar-refractivity contribution < 1.29 is 4.74 Å². The fraction of sp³-hybridized carbons (Fsp3) is 1.00. The third-order valence-electron chi connectivity index (χ3n) is 3.57. The van der Waals surface area contributed by atoms with Gasteiger partial charge < -0.3 is 15.0 Å². The number of ether oxygens (including phenoxy) is 1. The van der Waals surface area contributed by atoms with Gasteiger partial charge in [-0.05, 0) is 45.2 Å². The van der Waals surface area contributed by atoms with Crippen LogP contribution in [-0.2, 0) is 4.74 Å². The van der Waals surface area contributed by atoms with Gasteiger partial charge in [-0.15, -0.1) is 0 Å². The van der Waals surface area contributed by atoms with Crippen LogP contribution in [-0.4, -0.2) is 50.8 Å². The second-order valence-corrected chi connectivity index (χ2v) is 5.09. The summed E-state index contributed by atoms with van der Waals surface area (Å²) in [5.41, 5.74) is 0. The minimum absolute atomic E-state index is 0.714. The Hall–Kier alpha value is -0.120. The summed E-state index contributed by atoms with van der Waals surface area (Å²) in [4.78, 5) is 2.43. The van der Waals surface area contributed by atoms with Crippen LogP contribution in [0.4, 0.5) is 0 Å². The van der Waals surface area contributed by atoms with Crippen LogP contribution >= 0.6 is 0 Å². The van der Waals surface area contributed by atoms with Crippen molar-refractivity contribution in [1.29, 1.82) is 0 Å². The number of piperidine rings is 1.